The summed E-state index contributed by atoms with van der Waals surface area (Å²) in [5.41, 5.74) is 3.54. The fourth-order valence-corrected chi connectivity index (χ4v) is 5.67. The van der Waals surface area contributed by atoms with Crippen molar-refractivity contribution < 1.29 is 14.0 Å². The van der Waals surface area contributed by atoms with Crippen LogP contribution >= 0.6 is 11.8 Å². The highest BCUT2D eigenvalue weighted by atomic mass is 32.2. The summed E-state index contributed by atoms with van der Waals surface area (Å²) in [6.45, 7) is 8.41. The Labute approximate surface area is 210 Å². The molecule has 35 heavy (non-hydrogen) atoms. The van der Waals surface area contributed by atoms with Crippen LogP contribution in [-0.2, 0) is 10.2 Å². The van der Waals surface area contributed by atoms with Gasteiger partial charge < -0.3 is 10.2 Å². The summed E-state index contributed by atoms with van der Waals surface area (Å²) in [5, 5.41) is 2.76. The van der Waals surface area contributed by atoms with Gasteiger partial charge in [-0.3, -0.25) is 9.59 Å². The molecule has 1 N–H and O–H groups in total. The molecule has 6 heteroatoms. The molecule has 1 aliphatic rings. The molecule has 3 aromatic rings. The van der Waals surface area contributed by atoms with Crippen molar-refractivity contribution in [3.63, 3.8) is 0 Å². The van der Waals surface area contributed by atoms with Crippen molar-refractivity contribution >= 4 is 23.6 Å². The Morgan fingerprint density at radius 1 is 0.971 bits per heavy atom. The number of hydrogen-bond donors (Lipinski definition) is 1. The van der Waals surface area contributed by atoms with E-state index in [0.717, 1.165) is 11.1 Å². The molecule has 1 heterocycles. The topological polar surface area (TPSA) is 49.4 Å². The van der Waals surface area contributed by atoms with Crippen molar-refractivity contribution in [3.05, 3.63) is 107 Å². The molecular weight excluding hydrogens is 459 g/mol. The third-order valence-electron chi connectivity index (χ3n) is 6.35. The van der Waals surface area contributed by atoms with Gasteiger partial charge in [0.1, 0.15) is 17.2 Å². The number of hydrogen-bond acceptors (Lipinski definition) is 3. The highest BCUT2D eigenvalue weighted by Gasteiger charge is 2.43. The highest BCUT2D eigenvalue weighted by Crippen LogP contribution is 2.43. The van der Waals surface area contributed by atoms with E-state index in [1.54, 1.807) is 16.7 Å². The molecule has 0 aromatic heterocycles. The average Bonchev–Trinajstić information content (AvgIpc) is 3.29. The predicted octanol–water partition coefficient (Wildman–Crippen LogP) is 6.26. The smallest absolute Gasteiger partial charge is 0.255 e. The lowest BCUT2D eigenvalue weighted by Gasteiger charge is -2.30. The van der Waals surface area contributed by atoms with Gasteiger partial charge in [-0.25, -0.2) is 4.39 Å². The van der Waals surface area contributed by atoms with Gasteiger partial charge in [0.25, 0.3) is 5.91 Å². The molecule has 4 nitrogen and oxygen atoms in total. The number of amides is 2. The lowest BCUT2D eigenvalue weighted by molar-refractivity contribution is -0.125. The van der Waals surface area contributed by atoms with E-state index in [1.807, 2.05) is 49.4 Å². The van der Waals surface area contributed by atoms with E-state index < -0.39 is 11.9 Å². The van der Waals surface area contributed by atoms with Gasteiger partial charge in [-0.05, 0) is 53.3 Å². The maximum absolute atomic E-state index is 13.6. The van der Waals surface area contributed by atoms with Crippen LogP contribution in [0, 0.1) is 5.82 Å². The van der Waals surface area contributed by atoms with E-state index in [1.165, 1.54) is 29.8 Å². The van der Waals surface area contributed by atoms with Crippen LogP contribution in [0.2, 0.25) is 0 Å². The fourth-order valence-electron chi connectivity index (χ4n) is 4.24. The van der Waals surface area contributed by atoms with Gasteiger partial charge >= 0.3 is 0 Å². The number of nitrogens with one attached hydrogen (secondary N) is 1. The zero-order chi connectivity index (χ0) is 25.2. The minimum Gasteiger partial charge on any atom is -0.348 e. The Kier molecular flexibility index (Phi) is 7.31. The second-order valence-electron chi connectivity index (χ2n) is 9.93. The van der Waals surface area contributed by atoms with Gasteiger partial charge in [-0.1, -0.05) is 75.4 Å². The van der Waals surface area contributed by atoms with Crippen LogP contribution in [0.15, 0.2) is 78.9 Å². The standard InChI is InChI=1S/C29H31FN2O2S/c1-19(20-8-6-5-7-9-20)31-26(33)25-18-35-28(22-10-14-23(15-11-22)29(2,3)4)32(25)27(34)21-12-16-24(30)17-13-21/h5-17,19,25,28H,18H2,1-4H3,(H,31,33). The molecule has 3 unspecified atom stereocenters. The molecule has 0 spiro atoms. The second kappa shape index (κ2) is 10.2. The van der Waals surface area contributed by atoms with Crippen LogP contribution in [-0.4, -0.2) is 28.5 Å². The van der Waals surface area contributed by atoms with E-state index in [9.17, 15) is 14.0 Å². The number of benzene rings is 3. The first-order chi connectivity index (χ1) is 16.6. The number of carbonyl (C=O) groups excluding carboxylic acids is 2. The average molecular weight is 491 g/mol. The number of rotatable bonds is 5. The number of halogens is 1. The largest absolute Gasteiger partial charge is 0.348 e. The minimum atomic E-state index is -0.643. The van der Waals surface area contributed by atoms with Crippen LogP contribution in [0.1, 0.15) is 66.2 Å². The molecule has 0 aliphatic carbocycles. The third-order valence-corrected chi connectivity index (χ3v) is 7.67. The zero-order valence-electron chi connectivity index (χ0n) is 20.5. The Hall–Kier alpha value is -3.12. The minimum absolute atomic E-state index is 0.0148. The molecule has 0 saturated carbocycles. The molecular formula is C29H31FN2O2S. The molecule has 3 aromatic carbocycles. The van der Waals surface area contributed by atoms with Crippen LogP contribution < -0.4 is 5.32 Å². The first-order valence-corrected chi connectivity index (χ1v) is 12.9. The van der Waals surface area contributed by atoms with E-state index >= 15 is 0 Å². The summed E-state index contributed by atoms with van der Waals surface area (Å²) in [7, 11) is 0. The maximum atomic E-state index is 13.6. The van der Waals surface area contributed by atoms with Gasteiger partial charge in [0.2, 0.25) is 5.91 Å². The highest BCUT2D eigenvalue weighted by molar-refractivity contribution is 7.99. The summed E-state index contributed by atoms with van der Waals surface area (Å²) >= 11 is 1.57. The van der Waals surface area contributed by atoms with Crippen molar-refractivity contribution in [2.24, 2.45) is 0 Å². The van der Waals surface area contributed by atoms with Gasteiger partial charge in [-0.15, -0.1) is 11.8 Å². The van der Waals surface area contributed by atoms with E-state index in [-0.39, 0.29) is 28.6 Å². The summed E-state index contributed by atoms with van der Waals surface area (Å²) < 4.78 is 13.5. The first kappa shape index (κ1) is 25.0. The monoisotopic (exact) mass is 490 g/mol. The van der Waals surface area contributed by atoms with Crippen LogP contribution in [0.4, 0.5) is 4.39 Å². The maximum Gasteiger partial charge on any atom is 0.255 e. The second-order valence-corrected chi connectivity index (χ2v) is 11.0. The number of nitrogens with zero attached hydrogens (tertiary/aromatic N) is 1. The molecule has 3 atom stereocenters. The van der Waals surface area contributed by atoms with Crippen molar-refractivity contribution in [1.82, 2.24) is 10.2 Å². The molecule has 0 radical (unpaired) electrons. The van der Waals surface area contributed by atoms with Gasteiger partial charge in [0.05, 0.1) is 6.04 Å². The SMILES string of the molecule is CC(NC(=O)C1CSC(c2ccc(C(C)(C)C)cc2)N1C(=O)c1ccc(F)cc1)c1ccccc1. The molecule has 182 valence electrons. The molecule has 1 fully saturated rings. The molecule has 2 amide bonds. The number of carbonyl (C=O) groups is 2. The Bertz CT molecular complexity index is 1170. The fraction of sp³-hybridized carbons (Fsp3) is 0.310. The lowest BCUT2D eigenvalue weighted by Crippen LogP contribution is -2.48. The van der Waals surface area contributed by atoms with Crippen LogP contribution in [0.5, 0.6) is 0 Å². The normalized spacial score (nSPS) is 18.8. The van der Waals surface area contributed by atoms with E-state index in [2.05, 4.69) is 38.2 Å². The quantitative estimate of drug-likeness (QED) is 0.459. The summed E-state index contributed by atoms with van der Waals surface area (Å²) in [4.78, 5) is 28.7. The van der Waals surface area contributed by atoms with Gasteiger partial charge in [0, 0.05) is 11.3 Å². The van der Waals surface area contributed by atoms with Crippen molar-refractivity contribution in [2.45, 2.75) is 50.6 Å². The predicted molar refractivity (Wildman–Crippen MR) is 140 cm³/mol. The van der Waals surface area contributed by atoms with Crippen LogP contribution in [0.3, 0.4) is 0 Å². The lowest BCUT2D eigenvalue weighted by atomic mass is 9.86. The molecule has 0 bridgehead atoms. The van der Waals surface area contributed by atoms with Crippen molar-refractivity contribution in [3.8, 4) is 0 Å². The van der Waals surface area contributed by atoms with E-state index in [4.69, 9.17) is 0 Å². The Morgan fingerprint density at radius 3 is 2.20 bits per heavy atom. The van der Waals surface area contributed by atoms with Gasteiger partial charge in [0.15, 0.2) is 0 Å². The Morgan fingerprint density at radius 2 is 1.60 bits per heavy atom. The summed E-state index contributed by atoms with van der Waals surface area (Å²) in [5.74, 6) is -0.408. The summed E-state index contributed by atoms with van der Waals surface area (Å²) in [6.07, 6.45) is 0. The van der Waals surface area contributed by atoms with Crippen molar-refractivity contribution in [2.75, 3.05) is 5.75 Å². The Balaban J connectivity index is 1.63. The molecule has 1 aliphatic heterocycles. The third kappa shape index (κ3) is 5.59. The van der Waals surface area contributed by atoms with Gasteiger partial charge in [-0.2, -0.15) is 0 Å². The first-order valence-electron chi connectivity index (χ1n) is 11.8. The van der Waals surface area contributed by atoms with E-state index in [0.29, 0.717) is 11.3 Å². The zero-order valence-corrected chi connectivity index (χ0v) is 21.3. The summed E-state index contributed by atoms with van der Waals surface area (Å²) in [6, 6.07) is 22.6. The molecule has 4 rings (SSSR count). The number of thioether (sulfide) groups is 1. The van der Waals surface area contributed by atoms with Crippen molar-refractivity contribution in [1.29, 1.82) is 0 Å². The molecule has 1 saturated heterocycles. The van der Waals surface area contributed by atoms with Crippen LogP contribution in [0.25, 0.3) is 0 Å².